The van der Waals surface area contributed by atoms with Crippen LogP contribution >= 0.6 is 0 Å². The van der Waals surface area contributed by atoms with Crippen LogP contribution in [0.5, 0.6) is 0 Å². The molecule has 0 bridgehead atoms. The molecule has 2 N–H and O–H groups in total. The number of nitrogens with one attached hydrogen (secondary N) is 2. The zero-order valence-corrected chi connectivity index (χ0v) is 14.8. The molecule has 0 atom stereocenters. The van der Waals surface area contributed by atoms with Crippen molar-refractivity contribution in [3.8, 4) is 0 Å². The lowest BCUT2D eigenvalue weighted by Crippen LogP contribution is -2.19. The van der Waals surface area contributed by atoms with Gasteiger partial charge in [0, 0.05) is 5.69 Å². The third-order valence-electron chi connectivity index (χ3n) is 3.60. The molecule has 28 heavy (non-hydrogen) atoms. The largest absolute Gasteiger partial charge is 0.459 e. The molecule has 2 aromatic carbocycles. The van der Waals surface area contributed by atoms with Crippen LogP contribution in [0, 0.1) is 0 Å². The Morgan fingerprint density at radius 1 is 0.929 bits per heavy atom. The van der Waals surface area contributed by atoms with Gasteiger partial charge in [0.2, 0.25) is 0 Å². The summed E-state index contributed by atoms with van der Waals surface area (Å²) in [6.45, 7) is 0. The first-order valence-electron chi connectivity index (χ1n) is 7.81. The average Bonchev–Trinajstić information content (AvgIpc) is 3.16. The fraction of sp³-hybridized carbons (Fsp3) is 0.0556. The van der Waals surface area contributed by atoms with E-state index in [0.717, 1.165) is 12.1 Å². The highest BCUT2D eigenvalue weighted by molar-refractivity contribution is 7.92. The SMILES string of the molecule is O=C(Nc1cccc(NS(=O)(=O)c2ccccc2C(F)(F)F)c1)c1ccco1. The second-order valence-corrected chi connectivity index (χ2v) is 7.26. The smallest absolute Gasteiger partial charge is 0.417 e. The minimum atomic E-state index is -4.83. The molecule has 3 rings (SSSR count). The third-order valence-corrected chi connectivity index (χ3v) is 5.04. The zero-order chi connectivity index (χ0) is 20.4. The van der Waals surface area contributed by atoms with Gasteiger partial charge in [0.15, 0.2) is 5.76 Å². The summed E-state index contributed by atoms with van der Waals surface area (Å²) in [7, 11) is -4.52. The molecule has 3 aromatic rings. The number of hydrogen-bond donors (Lipinski definition) is 2. The number of alkyl halides is 3. The van der Waals surface area contributed by atoms with Crippen LogP contribution in [0.15, 0.2) is 76.2 Å². The molecule has 6 nitrogen and oxygen atoms in total. The molecule has 0 aliphatic carbocycles. The van der Waals surface area contributed by atoms with Gasteiger partial charge in [-0.25, -0.2) is 8.42 Å². The normalized spacial score (nSPS) is 11.8. The third kappa shape index (κ3) is 4.34. The highest BCUT2D eigenvalue weighted by Gasteiger charge is 2.36. The molecule has 0 unspecified atom stereocenters. The molecule has 10 heteroatoms. The van der Waals surface area contributed by atoms with Crippen LogP contribution in [0.3, 0.4) is 0 Å². The van der Waals surface area contributed by atoms with Crippen LogP contribution in [-0.4, -0.2) is 14.3 Å². The first-order valence-corrected chi connectivity index (χ1v) is 9.29. The van der Waals surface area contributed by atoms with Gasteiger partial charge in [0.05, 0.1) is 22.4 Å². The molecule has 146 valence electrons. The van der Waals surface area contributed by atoms with E-state index in [9.17, 15) is 26.4 Å². The Hall–Kier alpha value is -3.27. The molecule has 0 saturated heterocycles. The van der Waals surface area contributed by atoms with E-state index in [4.69, 9.17) is 4.42 Å². The molecule has 0 aliphatic rings. The number of anilines is 2. The number of hydrogen-bond acceptors (Lipinski definition) is 4. The highest BCUT2D eigenvalue weighted by atomic mass is 32.2. The summed E-state index contributed by atoms with van der Waals surface area (Å²) in [6.07, 6.45) is -3.51. The van der Waals surface area contributed by atoms with Crippen LogP contribution < -0.4 is 10.0 Å². The number of furan rings is 1. The van der Waals surface area contributed by atoms with Gasteiger partial charge in [-0.2, -0.15) is 13.2 Å². The summed E-state index contributed by atoms with van der Waals surface area (Å²) in [5, 5.41) is 2.50. The molecule has 0 radical (unpaired) electrons. The number of halogens is 3. The fourth-order valence-corrected chi connectivity index (χ4v) is 3.68. The maximum Gasteiger partial charge on any atom is 0.417 e. The molecular weight excluding hydrogens is 397 g/mol. The Bertz CT molecular complexity index is 1090. The van der Waals surface area contributed by atoms with E-state index in [-0.39, 0.29) is 17.1 Å². The number of carbonyl (C=O) groups is 1. The van der Waals surface area contributed by atoms with Crippen molar-refractivity contribution in [2.24, 2.45) is 0 Å². The Kier molecular flexibility index (Phi) is 5.14. The van der Waals surface area contributed by atoms with E-state index in [1.807, 2.05) is 0 Å². The van der Waals surface area contributed by atoms with Gasteiger partial charge in [0.1, 0.15) is 0 Å². The minimum Gasteiger partial charge on any atom is -0.459 e. The van der Waals surface area contributed by atoms with Crippen molar-refractivity contribution in [1.29, 1.82) is 0 Å². The summed E-state index contributed by atoms with van der Waals surface area (Å²) in [4.78, 5) is 11.1. The Morgan fingerprint density at radius 3 is 2.32 bits per heavy atom. The van der Waals surface area contributed by atoms with Crippen molar-refractivity contribution in [3.63, 3.8) is 0 Å². The molecule has 0 fully saturated rings. The van der Waals surface area contributed by atoms with Crippen LogP contribution in [0.4, 0.5) is 24.5 Å². The van der Waals surface area contributed by atoms with E-state index >= 15 is 0 Å². The second kappa shape index (κ2) is 7.39. The van der Waals surface area contributed by atoms with Gasteiger partial charge in [-0.1, -0.05) is 18.2 Å². The van der Waals surface area contributed by atoms with Gasteiger partial charge < -0.3 is 9.73 Å². The number of amides is 1. The number of benzene rings is 2. The van der Waals surface area contributed by atoms with Crippen LogP contribution in [0.25, 0.3) is 0 Å². The Morgan fingerprint density at radius 2 is 1.64 bits per heavy atom. The van der Waals surface area contributed by atoms with Crippen molar-refractivity contribution in [3.05, 3.63) is 78.3 Å². The maximum atomic E-state index is 13.1. The number of carbonyl (C=O) groups excluding carboxylic acids is 1. The van der Waals surface area contributed by atoms with Crippen molar-refractivity contribution >= 4 is 27.3 Å². The standard InChI is InChI=1S/C18H13F3N2O4S/c19-18(20,21)14-7-1-2-9-16(14)28(25,26)23-13-6-3-5-12(11-13)22-17(24)15-8-4-10-27-15/h1-11,23H,(H,22,24). The van der Waals surface area contributed by atoms with Crippen LogP contribution in [-0.2, 0) is 16.2 Å². The van der Waals surface area contributed by atoms with Gasteiger partial charge in [0.25, 0.3) is 15.9 Å². The summed E-state index contributed by atoms with van der Waals surface area (Å²) in [6, 6.07) is 12.4. The Balaban J connectivity index is 1.85. The predicted molar refractivity (Wildman–Crippen MR) is 95.4 cm³/mol. The quantitative estimate of drug-likeness (QED) is 0.655. The molecule has 1 amide bonds. The number of sulfonamides is 1. The van der Waals surface area contributed by atoms with Crippen molar-refractivity contribution in [2.75, 3.05) is 10.0 Å². The van der Waals surface area contributed by atoms with E-state index in [2.05, 4.69) is 10.0 Å². The highest BCUT2D eigenvalue weighted by Crippen LogP contribution is 2.34. The van der Waals surface area contributed by atoms with Gasteiger partial charge in [-0.3, -0.25) is 9.52 Å². The van der Waals surface area contributed by atoms with Crippen molar-refractivity contribution in [1.82, 2.24) is 0 Å². The van der Waals surface area contributed by atoms with Crippen LogP contribution in [0.1, 0.15) is 16.1 Å². The first-order chi connectivity index (χ1) is 13.2. The van der Waals surface area contributed by atoms with Gasteiger partial charge in [-0.05, 0) is 42.5 Å². The van der Waals surface area contributed by atoms with Gasteiger partial charge >= 0.3 is 6.18 Å². The van der Waals surface area contributed by atoms with Crippen molar-refractivity contribution < 1.29 is 30.8 Å². The van der Waals surface area contributed by atoms with E-state index in [0.29, 0.717) is 6.07 Å². The predicted octanol–water partition coefficient (Wildman–Crippen LogP) is 4.35. The van der Waals surface area contributed by atoms with E-state index in [1.165, 1.54) is 48.7 Å². The first kappa shape index (κ1) is 19.5. The zero-order valence-electron chi connectivity index (χ0n) is 14.0. The lowest BCUT2D eigenvalue weighted by molar-refractivity contribution is -0.139. The molecule has 1 aromatic heterocycles. The lowest BCUT2D eigenvalue weighted by atomic mass is 10.2. The molecular formula is C18H13F3N2O4S. The summed E-state index contributed by atoms with van der Waals surface area (Å²) >= 11 is 0. The molecule has 1 heterocycles. The second-order valence-electron chi connectivity index (χ2n) is 5.61. The molecule has 0 spiro atoms. The molecule has 0 saturated carbocycles. The summed E-state index contributed by atoms with van der Waals surface area (Å²) in [5.74, 6) is -0.516. The average molecular weight is 410 g/mol. The van der Waals surface area contributed by atoms with E-state index < -0.39 is 32.6 Å². The topological polar surface area (TPSA) is 88.4 Å². The number of rotatable bonds is 5. The van der Waals surface area contributed by atoms with Crippen molar-refractivity contribution in [2.45, 2.75) is 11.1 Å². The summed E-state index contributed by atoms with van der Waals surface area (Å²) in [5.41, 5.74) is -1.07. The monoisotopic (exact) mass is 410 g/mol. The van der Waals surface area contributed by atoms with E-state index in [1.54, 1.807) is 0 Å². The maximum absolute atomic E-state index is 13.1. The molecule has 0 aliphatic heterocycles. The lowest BCUT2D eigenvalue weighted by Gasteiger charge is -2.14. The fourth-order valence-electron chi connectivity index (χ4n) is 2.41. The Labute approximate surface area is 158 Å². The summed E-state index contributed by atoms with van der Waals surface area (Å²) < 4.78 is 71.3. The van der Waals surface area contributed by atoms with Crippen LogP contribution in [0.2, 0.25) is 0 Å². The minimum absolute atomic E-state index is 0.0192. The van der Waals surface area contributed by atoms with Gasteiger partial charge in [-0.15, -0.1) is 0 Å².